The molecule has 1 fully saturated rings. The third kappa shape index (κ3) is 5.08. The standard InChI is InChI=1S/C20H27N3O2.ClH/c1-13-6-7-17(10-18(13)20-22-15(3)12-25-20)23-19(24)9-14(2)16-5-4-8-21-11-16;/h6-7,10,12,14,16,21H,4-5,8-9,11H2,1-3H3,(H,23,24);1H. The van der Waals surface area contributed by atoms with Crippen molar-refractivity contribution in [1.82, 2.24) is 10.3 Å². The summed E-state index contributed by atoms with van der Waals surface area (Å²) in [6.07, 6.45) is 4.60. The molecule has 0 radical (unpaired) electrons. The first kappa shape index (κ1) is 20.5. The van der Waals surface area contributed by atoms with Crippen LogP contribution in [-0.4, -0.2) is 24.0 Å². The van der Waals surface area contributed by atoms with Gasteiger partial charge in [0, 0.05) is 17.7 Å². The quantitative estimate of drug-likeness (QED) is 0.813. The summed E-state index contributed by atoms with van der Waals surface area (Å²) < 4.78 is 5.50. The summed E-state index contributed by atoms with van der Waals surface area (Å²) in [6, 6.07) is 5.85. The van der Waals surface area contributed by atoms with Gasteiger partial charge in [0.1, 0.15) is 6.26 Å². The van der Waals surface area contributed by atoms with E-state index < -0.39 is 0 Å². The molecule has 2 heterocycles. The van der Waals surface area contributed by atoms with Gasteiger partial charge in [-0.1, -0.05) is 13.0 Å². The molecule has 1 aliphatic heterocycles. The fourth-order valence-electron chi connectivity index (χ4n) is 3.44. The second kappa shape index (κ2) is 9.19. The molecular weight excluding hydrogens is 350 g/mol. The Kier molecular flexibility index (Phi) is 7.23. The van der Waals surface area contributed by atoms with Gasteiger partial charge in [-0.3, -0.25) is 4.79 Å². The molecule has 2 atom stereocenters. The minimum Gasteiger partial charge on any atom is -0.444 e. The number of halogens is 1. The molecule has 0 spiro atoms. The number of anilines is 1. The number of aryl methyl sites for hydroxylation is 2. The van der Waals surface area contributed by atoms with E-state index in [1.165, 1.54) is 12.8 Å². The molecule has 0 saturated carbocycles. The number of rotatable bonds is 5. The zero-order valence-corrected chi connectivity index (χ0v) is 16.5. The molecule has 2 aromatic rings. The summed E-state index contributed by atoms with van der Waals surface area (Å²) in [5, 5.41) is 6.45. The van der Waals surface area contributed by atoms with Crippen LogP contribution in [0.2, 0.25) is 0 Å². The van der Waals surface area contributed by atoms with Crippen molar-refractivity contribution >= 4 is 24.0 Å². The molecular formula is C20H28ClN3O2. The van der Waals surface area contributed by atoms with Crippen molar-refractivity contribution in [1.29, 1.82) is 0 Å². The Morgan fingerprint density at radius 3 is 2.88 bits per heavy atom. The first-order chi connectivity index (χ1) is 12.0. The zero-order chi connectivity index (χ0) is 17.8. The maximum absolute atomic E-state index is 12.4. The third-order valence-electron chi connectivity index (χ3n) is 5.02. The van der Waals surface area contributed by atoms with Crippen molar-refractivity contribution in [2.75, 3.05) is 18.4 Å². The average Bonchev–Trinajstić information content (AvgIpc) is 3.03. The van der Waals surface area contributed by atoms with E-state index in [0.29, 0.717) is 24.1 Å². The second-order valence-electron chi connectivity index (χ2n) is 7.16. The van der Waals surface area contributed by atoms with E-state index in [9.17, 15) is 4.79 Å². The molecule has 0 aliphatic carbocycles. The molecule has 1 aliphatic rings. The van der Waals surface area contributed by atoms with Crippen LogP contribution >= 0.6 is 12.4 Å². The average molecular weight is 378 g/mol. The van der Waals surface area contributed by atoms with Gasteiger partial charge in [-0.05, 0) is 69.3 Å². The third-order valence-corrected chi connectivity index (χ3v) is 5.02. The van der Waals surface area contributed by atoms with Crippen molar-refractivity contribution in [2.45, 2.75) is 40.0 Å². The van der Waals surface area contributed by atoms with Crippen LogP contribution in [0.15, 0.2) is 28.9 Å². The van der Waals surface area contributed by atoms with Crippen LogP contribution in [0, 0.1) is 25.7 Å². The monoisotopic (exact) mass is 377 g/mol. The van der Waals surface area contributed by atoms with Gasteiger partial charge in [0.2, 0.25) is 11.8 Å². The number of amides is 1. The number of nitrogens with zero attached hydrogens (tertiary/aromatic N) is 1. The summed E-state index contributed by atoms with van der Waals surface area (Å²) >= 11 is 0. The van der Waals surface area contributed by atoms with Gasteiger partial charge in [0.15, 0.2) is 0 Å². The lowest BCUT2D eigenvalue weighted by molar-refractivity contribution is -0.117. The number of piperidine rings is 1. The first-order valence-corrected chi connectivity index (χ1v) is 9.06. The summed E-state index contributed by atoms with van der Waals surface area (Å²) in [6.45, 7) is 8.20. The molecule has 2 unspecified atom stereocenters. The molecule has 2 N–H and O–H groups in total. The highest BCUT2D eigenvalue weighted by molar-refractivity contribution is 5.91. The van der Waals surface area contributed by atoms with Crippen LogP contribution in [0.5, 0.6) is 0 Å². The largest absolute Gasteiger partial charge is 0.444 e. The molecule has 1 amide bonds. The number of hydrogen-bond donors (Lipinski definition) is 2. The van der Waals surface area contributed by atoms with Crippen LogP contribution in [0.25, 0.3) is 11.5 Å². The predicted octanol–water partition coefficient (Wildman–Crippen LogP) is 4.34. The fourth-order valence-corrected chi connectivity index (χ4v) is 3.44. The topological polar surface area (TPSA) is 67.2 Å². The number of nitrogens with one attached hydrogen (secondary N) is 2. The van der Waals surface area contributed by atoms with Crippen molar-refractivity contribution in [3.05, 3.63) is 35.7 Å². The number of carbonyl (C=O) groups is 1. The van der Waals surface area contributed by atoms with E-state index in [1.807, 2.05) is 32.0 Å². The predicted molar refractivity (Wildman–Crippen MR) is 107 cm³/mol. The van der Waals surface area contributed by atoms with Gasteiger partial charge >= 0.3 is 0 Å². The van der Waals surface area contributed by atoms with Crippen LogP contribution in [0.3, 0.4) is 0 Å². The van der Waals surface area contributed by atoms with Gasteiger partial charge in [-0.25, -0.2) is 4.98 Å². The SMILES string of the molecule is Cc1coc(-c2cc(NC(=O)CC(C)C3CCCNC3)ccc2C)n1.Cl. The van der Waals surface area contributed by atoms with Crippen molar-refractivity contribution in [3.63, 3.8) is 0 Å². The van der Waals surface area contributed by atoms with E-state index >= 15 is 0 Å². The fraction of sp³-hybridized carbons (Fsp3) is 0.500. The lowest BCUT2D eigenvalue weighted by atomic mass is 9.85. The smallest absolute Gasteiger partial charge is 0.226 e. The number of aromatic nitrogens is 1. The van der Waals surface area contributed by atoms with E-state index in [2.05, 4.69) is 22.5 Å². The summed E-state index contributed by atoms with van der Waals surface area (Å²) in [7, 11) is 0. The van der Waals surface area contributed by atoms with Crippen LogP contribution in [0.1, 0.15) is 37.4 Å². The van der Waals surface area contributed by atoms with Crippen LogP contribution in [0.4, 0.5) is 5.69 Å². The van der Waals surface area contributed by atoms with Gasteiger partial charge < -0.3 is 15.1 Å². The normalized spacial score (nSPS) is 18.0. The molecule has 1 aromatic heterocycles. The minimum absolute atomic E-state index is 0. The van der Waals surface area contributed by atoms with E-state index in [4.69, 9.17) is 4.42 Å². The van der Waals surface area contributed by atoms with Gasteiger partial charge in [-0.15, -0.1) is 12.4 Å². The van der Waals surface area contributed by atoms with Crippen LogP contribution < -0.4 is 10.6 Å². The zero-order valence-electron chi connectivity index (χ0n) is 15.7. The van der Waals surface area contributed by atoms with Crippen LogP contribution in [-0.2, 0) is 4.79 Å². The molecule has 5 nitrogen and oxygen atoms in total. The number of oxazole rings is 1. The minimum atomic E-state index is 0. The maximum atomic E-state index is 12.4. The number of benzene rings is 1. The summed E-state index contributed by atoms with van der Waals surface area (Å²) in [5.74, 6) is 1.62. The number of carbonyl (C=O) groups excluding carboxylic acids is 1. The van der Waals surface area contributed by atoms with Crippen molar-refractivity contribution in [2.24, 2.45) is 11.8 Å². The molecule has 26 heavy (non-hydrogen) atoms. The summed E-state index contributed by atoms with van der Waals surface area (Å²) in [4.78, 5) is 16.8. The Morgan fingerprint density at radius 2 is 2.23 bits per heavy atom. The Morgan fingerprint density at radius 1 is 1.42 bits per heavy atom. The molecule has 1 aromatic carbocycles. The lowest BCUT2D eigenvalue weighted by Crippen LogP contribution is -2.34. The first-order valence-electron chi connectivity index (χ1n) is 9.06. The van der Waals surface area contributed by atoms with E-state index in [0.717, 1.165) is 35.6 Å². The molecule has 142 valence electrons. The maximum Gasteiger partial charge on any atom is 0.226 e. The molecule has 6 heteroatoms. The second-order valence-corrected chi connectivity index (χ2v) is 7.16. The highest BCUT2D eigenvalue weighted by atomic mass is 35.5. The Labute approximate surface area is 161 Å². The molecule has 3 rings (SSSR count). The lowest BCUT2D eigenvalue weighted by Gasteiger charge is -2.28. The Bertz CT molecular complexity index is 738. The number of hydrogen-bond acceptors (Lipinski definition) is 4. The Balaban J connectivity index is 0.00000243. The Hall–Kier alpha value is -1.85. The van der Waals surface area contributed by atoms with Gasteiger partial charge in [-0.2, -0.15) is 0 Å². The molecule has 0 bridgehead atoms. The highest BCUT2D eigenvalue weighted by Gasteiger charge is 2.22. The van der Waals surface area contributed by atoms with Crippen molar-refractivity contribution < 1.29 is 9.21 Å². The summed E-state index contributed by atoms with van der Waals surface area (Å²) in [5.41, 5.74) is 3.62. The highest BCUT2D eigenvalue weighted by Crippen LogP contribution is 2.27. The van der Waals surface area contributed by atoms with E-state index in [1.54, 1.807) is 6.26 Å². The van der Waals surface area contributed by atoms with Gasteiger partial charge in [0.05, 0.1) is 5.69 Å². The van der Waals surface area contributed by atoms with Gasteiger partial charge in [0.25, 0.3) is 0 Å². The molecule has 1 saturated heterocycles. The van der Waals surface area contributed by atoms with E-state index in [-0.39, 0.29) is 18.3 Å². The van der Waals surface area contributed by atoms with Crippen molar-refractivity contribution in [3.8, 4) is 11.5 Å².